The molecule has 31 heavy (non-hydrogen) atoms. The summed E-state index contributed by atoms with van der Waals surface area (Å²) in [5.41, 5.74) is 3.19. The average Bonchev–Trinajstić information content (AvgIpc) is 3.11. The maximum absolute atomic E-state index is 13.0. The Morgan fingerprint density at radius 2 is 1.90 bits per heavy atom. The zero-order valence-corrected chi connectivity index (χ0v) is 18.3. The van der Waals surface area contributed by atoms with E-state index in [1.165, 1.54) is 6.07 Å². The second kappa shape index (κ2) is 8.55. The second-order valence-corrected chi connectivity index (χ2v) is 8.28. The number of hydrogen-bond donors (Lipinski definition) is 2. The topological polar surface area (TPSA) is 99.6 Å². The number of carbonyl (C=O) groups is 2. The predicted octanol–water partition coefficient (Wildman–Crippen LogP) is 3.10. The van der Waals surface area contributed by atoms with E-state index in [-0.39, 0.29) is 23.8 Å². The van der Waals surface area contributed by atoms with Gasteiger partial charge >= 0.3 is 0 Å². The maximum Gasteiger partial charge on any atom is 0.266 e. The van der Waals surface area contributed by atoms with Crippen LogP contribution in [-0.2, 0) is 11.2 Å². The van der Waals surface area contributed by atoms with Gasteiger partial charge < -0.3 is 10.2 Å². The van der Waals surface area contributed by atoms with Crippen LogP contribution >= 0.6 is 11.6 Å². The summed E-state index contributed by atoms with van der Waals surface area (Å²) in [6.07, 6.45) is 3.13. The number of rotatable bonds is 4. The molecule has 2 N–H and O–H groups in total. The monoisotopic (exact) mass is 441 g/mol. The Morgan fingerprint density at radius 3 is 2.65 bits per heavy atom. The molecule has 0 radical (unpaired) electrons. The van der Waals surface area contributed by atoms with E-state index < -0.39 is 0 Å². The summed E-state index contributed by atoms with van der Waals surface area (Å²) >= 11 is 6.15. The van der Waals surface area contributed by atoms with Gasteiger partial charge in [-0.3, -0.25) is 19.5 Å². The highest BCUT2D eigenvalue weighted by atomic mass is 35.5. The first-order valence-electron chi connectivity index (χ1n) is 10.3. The molecule has 8 nitrogen and oxygen atoms in total. The number of halogens is 1. The molecule has 1 saturated heterocycles. The largest absolute Gasteiger partial charge is 0.339 e. The molecule has 1 fully saturated rings. The molecule has 1 aliphatic heterocycles. The van der Waals surface area contributed by atoms with Crippen LogP contribution in [0.5, 0.6) is 0 Å². The number of nitrogens with one attached hydrogen (secondary N) is 2. The third-order valence-corrected chi connectivity index (χ3v) is 5.90. The van der Waals surface area contributed by atoms with E-state index in [9.17, 15) is 14.4 Å². The molecule has 0 aliphatic carbocycles. The molecule has 1 aromatic carbocycles. The van der Waals surface area contributed by atoms with Gasteiger partial charge in [-0.15, -0.1) is 0 Å². The number of likely N-dealkylation sites (tertiary alicyclic amines) is 1. The third kappa shape index (κ3) is 4.34. The van der Waals surface area contributed by atoms with Crippen LogP contribution in [-0.4, -0.2) is 44.4 Å². The number of aromatic nitrogens is 3. The average molecular weight is 442 g/mol. The van der Waals surface area contributed by atoms with Crippen LogP contribution in [0.2, 0.25) is 5.02 Å². The summed E-state index contributed by atoms with van der Waals surface area (Å²) in [5, 5.41) is 5.97. The number of nitrogens with zero attached hydrogens (tertiary/aromatic N) is 3. The Hall–Kier alpha value is -3.13. The zero-order chi connectivity index (χ0) is 22.1. The van der Waals surface area contributed by atoms with Crippen LogP contribution in [0.4, 0.5) is 5.69 Å². The number of fused-ring (bicyclic) bond motifs is 1. The zero-order valence-electron chi connectivity index (χ0n) is 17.5. The molecule has 0 atom stereocenters. The Bertz CT molecular complexity index is 1220. The number of piperidine rings is 1. The number of anilines is 1. The Balaban J connectivity index is 1.59. The van der Waals surface area contributed by atoms with Crippen LogP contribution in [0.3, 0.4) is 0 Å². The van der Waals surface area contributed by atoms with Crippen molar-refractivity contribution >= 4 is 34.7 Å². The van der Waals surface area contributed by atoms with Crippen molar-refractivity contribution in [2.75, 3.05) is 18.4 Å². The van der Waals surface area contributed by atoms with E-state index in [1.807, 2.05) is 11.8 Å². The minimum absolute atomic E-state index is 0.0463. The summed E-state index contributed by atoms with van der Waals surface area (Å²) in [4.78, 5) is 43.8. The van der Waals surface area contributed by atoms with Gasteiger partial charge in [0.2, 0.25) is 5.91 Å². The van der Waals surface area contributed by atoms with Crippen molar-refractivity contribution in [2.45, 2.75) is 39.5 Å². The molecular formula is C22H24ClN5O3. The van der Waals surface area contributed by atoms with Gasteiger partial charge in [0.1, 0.15) is 0 Å². The van der Waals surface area contributed by atoms with Crippen LogP contribution < -0.4 is 10.9 Å². The number of amides is 2. The summed E-state index contributed by atoms with van der Waals surface area (Å²) in [7, 11) is 0. The number of aryl methyl sites for hydroxylation is 2. The predicted molar refractivity (Wildman–Crippen MR) is 119 cm³/mol. The first kappa shape index (κ1) is 21.1. The molecule has 0 unspecified atom stereocenters. The first-order chi connectivity index (χ1) is 14.8. The number of aromatic amines is 1. The molecule has 0 saturated carbocycles. The Labute approximate surface area is 184 Å². The normalized spacial score (nSPS) is 14.1. The van der Waals surface area contributed by atoms with E-state index in [2.05, 4.69) is 15.4 Å². The lowest BCUT2D eigenvalue weighted by molar-refractivity contribution is -0.115. The molecule has 0 bridgehead atoms. The Morgan fingerprint density at radius 1 is 1.16 bits per heavy atom. The molecule has 0 spiro atoms. The lowest BCUT2D eigenvalue weighted by Crippen LogP contribution is -2.36. The van der Waals surface area contributed by atoms with Crippen molar-refractivity contribution in [1.29, 1.82) is 0 Å². The second-order valence-electron chi connectivity index (χ2n) is 7.84. The summed E-state index contributed by atoms with van der Waals surface area (Å²) in [6.45, 7) is 5.06. The summed E-state index contributed by atoms with van der Waals surface area (Å²) < 4.78 is 1.57. The van der Waals surface area contributed by atoms with E-state index in [0.717, 1.165) is 25.0 Å². The smallest absolute Gasteiger partial charge is 0.266 e. The van der Waals surface area contributed by atoms with Crippen LogP contribution in [0.25, 0.3) is 5.65 Å². The van der Waals surface area contributed by atoms with Crippen molar-refractivity contribution in [3.8, 4) is 0 Å². The van der Waals surface area contributed by atoms with Crippen molar-refractivity contribution < 1.29 is 9.59 Å². The Kier molecular flexibility index (Phi) is 5.82. The molecule has 162 valence electrons. The molecule has 1 aliphatic rings. The molecule has 3 aromatic rings. The van der Waals surface area contributed by atoms with E-state index in [4.69, 9.17) is 11.6 Å². The molecule has 4 rings (SSSR count). The van der Waals surface area contributed by atoms with Gasteiger partial charge in [-0.1, -0.05) is 11.6 Å². The SMILES string of the molecule is Cc1nc2cc(=O)[nH]n2c(C)c1CC(=O)Nc1cc(Cl)ccc1C(=O)N1CCCCC1. The van der Waals surface area contributed by atoms with Gasteiger partial charge in [0.15, 0.2) is 5.65 Å². The number of H-pyrrole nitrogens is 1. The molecular weight excluding hydrogens is 418 g/mol. The minimum Gasteiger partial charge on any atom is -0.339 e. The fourth-order valence-corrected chi connectivity index (χ4v) is 4.21. The fourth-order valence-electron chi connectivity index (χ4n) is 4.04. The van der Waals surface area contributed by atoms with E-state index >= 15 is 0 Å². The molecule has 9 heteroatoms. The lowest BCUT2D eigenvalue weighted by Gasteiger charge is -2.27. The molecule has 2 aromatic heterocycles. The van der Waals surface area contributed by atoms with Gasteiger partial charge in [-0.25, -0.2) is 9.50 Å². The fraction of sp³-hybridized carbons (Fsp3) is 0.364. The third-order valence-electron chi connectivity index (χ3n) is 5.67. The minimum atomic E-state index is -0.295. The van der Waals surface area contributed by atoms with E-state index in [1.54, 1.807) is 29.6 Å². The van der Waals surface area contributed by atoms with E-state index in [0.29, 0.717) is 46.3 Å². The number of benzene rings is 1. The van der Waals surface area contributed by atoms with Crippen molar-refractivity contribution in [1.82, 2.24) is 19.5 Å². The number of hydrogen-bond acceptors (Lipinski definition) is 4. The summed E-state index contributed by atoms with van der Waals surface area (Å²) in [6, 6.07) is 6.32. The highest BCUT2D eigenvalue weighted by Gasteiger charge is 2.22. The first-order valence-corrected chi connectivity index (χ1v) is 10.7. The lowest BCUT2D eigenvalue weighted by atomic mass is 10.1. The highest BCUT2D eigenvalue weighted by molar-refractivity contribution is 6.31. The van der Waals surface area contributed by atoms with Crippen molar-refractivity contribution in [3.63, 3.8) is 0 Å². The van der Waals surface area contributed by atoms with Crippen molar-refractivity contribution in [3.05, 3.63) is 62.2 Å². The number of carbonyl (C=O) groups excluding carboxylic acids is 2. The van der Waals surface area contributed by atoms with Gasteiger partial charge in [0, 0.05) is 41.1 Å². The van der Waals surface area contributed by atoms with Gasteiger partial charge in [0.05, 0.1) is 17.7 Å². The van der Waals surface area contributed by atoms with Crippen LogP contribution in [0.15, 0.2) is 29.1 Å². The van der Waals surface area contributed by atoms with Crippen LogP contribution in [0.1, 0.15) is 46.6 Å². The standard InChI is InChI=1S/C22H24ClN5O3/c1-13-17(14(2)28-19(24-13)12-21(30)26-28)11-20(29)25-18-10-15(23)6-7-16(18)22(31)27-8-4-3-5-9-27/h6-7,10,12H,3-5,8-9,11H2,1-2H3,(H,25,29)(H,26,30). The summed E-state index contributed by atoms with van der Waals surface area (Å²) in [5.74, 6) is -0.399. The maximum atomic E-state index is 13.0. The van der Waals surface area contributed by atoms with Crippen LogP contribution in [0, 0.1) is 13.8 Å². The van der Waals surface area contributed by atoms with Crippen molar-refractivity contribution in [2.24, 2.45) is 0 Å². The highest BCUT2D eigenvalue weighted by Crippen LogP contribution is 2.25. The van der Waals surface area contributed by atoms with Gasteiger partial charge in [0.25, 0.3) is 11.5 Å². The molecule has 2 amide bonds. The molecule has 3 heterocycles. The van der Waals surface area contributed by atoms with Gasteiger partial charge in [-0.2, -0.15) is 0 Å². The quantitative estimate of drug-likeness (QED) is 0.649. The van der Waals surface area contributed by atoms with Gasteiger partial charge in [-0.05, 0) is 51.3 Å².